The van der Waals surface area contributed by atoms with Crippen LogP contribution in [0.2, 0.25) is 0 Å². The van der Waals surface area contributed by atoms with Gasteiger partial charge < -0.3 is 15.3 Å². The smallest absolute Gasteiger partial charge is 0.372 e. The number of ketones is 2. The second kappa shape index (κ2) is 5.69. The van der Waals surface area contributed by atoms with Gasteiger partial charge in [0.2, 0.25) is 17.3 Å². The van der Waals surface area contributed by atoms with Gasteiger partial charge in [-0.15, -0.1) is 0 Å². The van der Waals surface area contributed by atoms with Crippen LogP contribution in [0.4, 0.5) is 0 Å². The van der Waals surface area contributed by atoms with Crippen molar-refractivity contribution in [3.8, 4) is 0 Å². The van der Waals surface area contributed by atoms with E-state index in [0.717, 1.165) is 24.8 Å². The fourth-order valence-corrected chi connectivity index (χ4v) is 6.95. The molecule has 0 saturated heterocycles. The predicted octanol–water partition coefficient (Wildman–Crippen LogP) is 3.34. The minimum atomic E-state index is -1.35. The van der Waals surface area contributed by atoms with Gasteiger partial charge in [0.1, 0.15) is 5.76 Å². The molecule has 3 saturated carbocycles. The Hall–Kier alpha value is -2.11. The lowest BCUT2D eigenvalue weighted by atomic mass is 9.47. The fourth-order valence-electron chi connectivity index (χ4n) is 6.95. The van der Waals surface area contributed by atoms with Gasteiger partial charge >= 0.3 is 5.97 Å². The molecule has 0 radical (unpaired) electrons. The van der Waals surface area contributed by atoms with Gasteiger partial charge in [-0.2, -0.15) is 0 Å². The number of carboxylic acids is 1. The molecule has 27 heavy (non-hydrogen) atoms. The number of Topliss-reactive ketones (excluding diaryl/α,β-unsaturated/α-hetero) is 1. The highest BCUT2D eigenvalue weighted by atomic mass is 16.4. The Labute approximate surface area is 158 Å². The van der Waals surface area contributed by atoms with Gasteiger partial charge in [0, 0.05) is 5.92 Å². The number of carboxylic acid groups (broad SMARTS) is 1. The number of hydrogen-bond acceptors (Lipinski definition) is 5. The highest BCUT2D eigenvalue weighted by molar-refractivity contribution is 6.33. The number of allylic oxidation sites excluding steroid dienone is 2. The molecular formula is C21H26O6. The quantitative estimate of drug-likeness (QED) is 0.639. The average molecular weight is 374 g/mol. The first-order valence-electron chi connectivity index (χ1n) is 9.77. The van der Waals surface area contributed by atoms with E-state index in [-0.39, 0.29) is 28.9 Å². The molecule has 0 bridgehead atoms. The molecule has 0 aromatic carbocycles. The standard InChI is InChI=1S/C21H26O6/c1-20-8-7-13-11(12(20)5-6-14(20)16(23)19(26)27)4-3-10-9-15(22)17(24)18(25)21(10,13)2/h9,11-14,24-25H,3-8H2,1-2H3,(H,26,27)/t11-,12-,13-,14-,20-,21-/m0/s1. The van der Waals surface area contributed by atoms with Crippen molar-refractivity contribution in [3.63, 3.8) is 0 Å². The van der Waals surface area contributed by atoms with Crippen LogP contribution in [-0.4, -0.2) is 32.9 Å². The van der Waals surface area contributed by atoms with Gasteiger partial charge in [0.25, 0.3) is 0 Å². The minimum Gasteiger partial charge on any atom is -0.507 e. The molecule has 0 aromatic heterocycles. The van der Waals surface area contributed by atoms with E-state index in [1.54, 1.807) is 0 Å². The van der Waals surface area contributed by atoms with E-state index in [9.17, 15) is 29.7 Å². The summed E-state index contributed by atoms with van der Waals surface area (Å²) >= 11 is 0. The van der Waals surface area contributed by atoms with Crippen LogP contribution in [0.1, 0.15) is 52.4 Å². The van der Waals surface area contributed by atoms with Crippen molar-refractivity contribution in [1.29, 1.82) is 0 Å². The molecule has 0 unspecified atom stereocenters. The third-order valence-corrected chi connectivity index (χ3v) is 8.37. The normalized spacial score (nSPS) is 43.5. The number of fused-ring (bicyclic) bond motifs is 5. The Balaban J connectivity index is 1.71. The monoisotopic (exact) mass is 374 g/mol. The summed E-state index contributed by atoms with van der Waals surface area (Å²) in [5.41, 5.74) is -0.208. The summed E-state index contributed by atoms with van der Waals surface area (Å²) in [6.07, 6.45) is 5.87. The van der Waals surface area contributed by atoms with Gasteiger partial charge in [-0.1, -0.05) is 12.5 Å². The third-order valence-electron chi connectivity index (χ3n) is 8.37. The van der Waals surface area contributed by atoms with Crippen molar-refractivity contribution in [2.24, 2.45) is 34.5 Å². The van der Waals surface area contributed by atoms with Gasteiger partial charge in [-0.3, -0.25) is 9.59 Å². The van der Waals surface area contributed by atoms with Crippen LogP contribution in [0, 0.1) is 34.5 Å². The van der Waals surface area contributed by atoms with Crippen LogP contribution >= 0.6 is 0 Å². The molecule has 0 amide bonds. The number of rotatable bonds is 2. The van der Waals surface area contributed by atoms with Gasteiger partial charge in [-0.05, 0) is 74.7 Å². The van der Waals surface area contributed by atoms with E-state index in [4.69, 9.17) is 0 Å². The zero-order valence-corrected chi connectivity index (χ0v) is 15.7. The van der Waals surface area contributed by atoms with Crippen LogP contribution in [0.5, 0.6) is 0 Å². The largest absolute Gasteiger partial charge is 0.507 e. The molecule has 6 nitrogen and oxygen atoms in total. The van der Waals surface area contributed by atoms with E-state index in [0.29, 0.717) is 19.3 Å². The summed E-state index contributed by atoms with van der Waals surface area (Å²) < 4.78 is 0. The first-order valence-corrected chi connectivity index (χ1v) is 9.77. The minimum absolute atomic E-state index is 0.0736. The highest BCUT2D eigenvalue weighted by Gasteiger charge is 2.62. The molecule has 0 aliphatic heterocycles. The summed E-state index contributed by atoms with van der Waals surface area (Å²) in [5.74, 6) is -3.25. The molecule has 4 rings (SSSR count). The SMILES string of the molecule is C[C@@]12C(=CC(=O)C(O)=C1O)CC[C@@H]1[C@@H]2CC[C@]2(C)[C@H](C(=O)C(=O)O)CC[C@@H]12. The van der Waals surface area contributed by atoms with Gasteiger partial charge in [-0.25, -0.2) is 4.79 Å². The lowest BCUT2D eigenvalue weighted by Crippen LogP contribution is -2.52. The van der Waals surface area contributed by atoms with Crippen molar-refractivity contribution in [1.82, 2.24) is 0 Å². The molecule has 6 heteroatoms. The van der Waals surface area contributed by atoms with E-state index >= 15 is 0 Å². The van der Waals surface area contributed by atoms with Crippen molar-refractivity contribution >= 4 is 17.5 Å². The molecule has 146 valence electrons. The van der Waals surface area contributed by atoms with Crippen molar-refractivity contribution in [2.45, 2.75) is 52.4 Å². The third kappa shape index (κ3) is 2.21. The lowest BCUT2D eigenvalue weighted by Gasteiger charge is -2.57. The van der Waals surface area contributed by atoms with E-state index in [1.165, 1.54) is 6.08 Å². The van der Waals surface area contributed by atoms with E-state index < -0.39 is 34.6 Å². The zero-order chi connectivity index (χ0) is 19.7. The molecule has 6 atom stereocenters. The molecule has 0 spiro atoms. The van der Waals surface area contributed by atoms with Crippen molar-refractivity contribution < 1.29 is 29.7 Å². The second-order valence-corrected chi connectivity index (χ2v) is 9.19. The molecule has 0 heterocycles. The van der Waals surface area contributed by atoms with Crippen molar-refractivity contribution in [3.05, 3.63) is 23.2 Å². The lowest BCUT2D eigenvalue weighted by molar-refractivity contribution is -0.154. The Morgan fingerprint density at radius 1 is 1.07 bits per heavy atom. The van der Waals surface area contributed by atoms with Crippen LogP contribution in [-0.2, 0) is 14.4 Å². The van der Waals surface area contributed by atoms with Crippen LogP contribution in [0.15, 0.2) is 23.2 Å². The maximum Gasteiger partial charge on any atom is 0.372 e. The summed E-state index contributed by atoms with van der Waals surface area (Å²) in [4.78, 5) is 35.5. The second-order valence-electron chi connectivity index (χ2n) is 9.19. The molecule has 3 N–H and O–H groups in total. The Morgan fingerprint density at radius 2 is 1.78 bits per heavy atom. The van der Waals surface area contributed by atoms with E-state index in [2.05, 4.69) is 6.92 Å². The summed E-state index contributed by atoms with van der Waals surface area (Å²) in [7, 11) is 0. The molecule has 4 aliphatic carbocycles. The molecule has 4 aliphatic rings. The first-order chi connectivity index (χ1) is 12.6. The number of carbonyl (C=O) groups excluding carboxylic acids is 2. The maximum atomic E-state index is 12.3. The van der Waals surface area contributed by atoms with Gasteiger partial charge in [0.05, 0.1) is 5.41 Å². The van der Waals surface area contributed by atoms with Crippen LogP contribution < -0.4 is 0 Å². The highest BCUT2D eigenvalue weighted by Crippen LogP contribution is 2.67. The molecule has 0 aromatic rings. The number of aliphatic hydroxyl groups is 2. The van der Waals surface area contributed by atoms with Crippen LogP contribution in [0.25, 0.3) is 0 Å². The summed E-state index contributed by atoms with van der Waals surface area (Å²) in [5, 5.41) is 30.0. The number of aliphatic carboxylic acids is 1. The Morgan fingerprint density at radius 3 is 2.44 bits per heavy atom. The first kappa shape index (κ1) is 18.3. The van der Waals surface area contributed by atoms with Gasteiger partial charge in [0.15, 0.2) is 0 Å². The maximum absolute atomic E-state index is 12.3. The topological polar surface area (TPSA) is 112 Å². The molecular weight excluding hydrogens is 348 g/mol. The van der Waals surface area contributed by atoms with Crippen molar-refractivity contribution in [2.75, 3.05) is 0 Å². The fraction of sp³-hybridized carbons (Fsp3) is 0.667. The zero-order valence-electron chi connectivity index (χ0n) is 15.7. The van der Waals surface area contributed by atoms with E-state index in [1.807, 2.05) is 6.92 Å². The summed E-state index contributed by atoms with van der Waals surface area (Å²) in [6.45, 7) is 3.96. The Bertz CT molecular complexity index is 807. The number of hydrogen-bond donors (Lipinski definition) is 3. The number of carbonyl (C=O) groups is 3. The summed E-state index contributed by atoms with van der Waals surface area (Å²) in [6, 6.07) is 0. The predicted molar refractivity (Wildman–Crippen MR) is 95.9 cm³/mol. The van der Waals surface area contributed by atoms with Crippen LogP contribution in [0.3, 0.4) is 0 Å². The number of aliphatic hydroxyl groups excluding tert-OH is 2. The average Bonchev–Trinajstić information content (AvgIpc) is 2.98. The Kier molecular flexibility index (Phi) is 3.85. The molecule has 3 fully saturated rings.